The predicted octanol–water partition coefficient (Wildman–Crippen LogP) is 3.70. The van der Waals surface area contributed by atoms with Crippen molar-refractivity contribution < 1.29 is 27.1 Å². The molecule has 2 aromatic rings. The molecule has 11 heteroatoms. The maximum atomic E-state index is 12.4. The van der Waals surface area contributed by atoms with Gasteiger partial charge in [-0.1, -0.05) is 12.1 Å². The number of furan rings is 1. The molecule has 2 N–H and O–H groups in total. The number of nitrogens with one attached hydrogen (secondary N) is 2. The Morgan fingerprint density at radius 1 is 1.37 bits per heavy atom. The van der Waals surface area contributed by atoms with E-state index in [1.54, 1.807) is 0 Å². The van der Waals surface area contributed by atoms with E-state index in [0.717, 1.165) is 12.4 Å². The van der Waals surface area contributed by atoms with Crippen LogP contribution in [0.5, 0.6) is 5.75 Å². The second-order valence-corrected chi connectivity index (χ2v) is 6.41. The number of aliphatic imine (C=N–C) groups is 1. The van der Waals surface area contributed by atoms with Crippen LogP contribution in [0.3, 0.4) is 0 Å². The predicted molar refractivity (Wildman–Crippen MR) is 119 cm³/mol. The van der Waals surface area contributed by atoms with Crippen molar-refractivity contribution in [1.29, 1.82) is 0 Å². The summed E-state index contributed by atoms with van der Waals surface area (Å²) in [6.07, 6.45) is -4.44. The lowest BCUT2D eigenvalue weighted by Crippen LogP contribution is -2.46. The summed E-state index contributed by atoms with van der Waals surface area (Å²) in [5, 5.41) is 6.65. The first-order valence-electron chi connectivity index (χ1n) is 9.07. The standard InChI is InChI=1S/C19H25F3N4O3.HI/c1-5-28-14-8-6-7-13-9-15(29-17(13)14)12(2)25-18(23-3)24-10-16(27)26(4)11-19(20,21)22;/h6-9,12H,5,10-11H2,1-4H3,(H2,23,24,25);1H. The number of carbonyl (C=O) groups excluding carboxylic acids is 1. The van der Waals surface area contributed by atoms with Crippen LogP contribution in [0.25, 0.3) is 11.0 Å². The number of amides is 1. The molecule has 0 fully saturated rings. The van der Waals surface area contributed by atoms with Gasteiger partial charge in [0.2, 0.25) is 5.91 Å². The van der Waals surface area contributed by atoms with Crippen molar-refractivity contribution in [1.82, 2.24) is 15.5 Å². The first-order valence-corrected chi connectivity index (χ1v) is 9.07. The van der Waals surface area contributed by atoms with Gasteiger partial charge in [-0.2, -0.15) is 13.2 Å². The number of rotatable bonds is 7. The molecule has 0 aliphatic rings. The Kier molecular flexibility index (Phi) is 9.72. The average Bonchev–Trinajstić information content (AvgIpc) is 3.09. The third-order valence-electron chi connectivity index (χ3n) is 4.08. The minimum Gasteiger partial charge on any atom is -0.490 e. The summed E-state index contributed by atoms with van der Waals surface area (Å²) >= 11 is 0. The van der Waals surface area contributed by atoms with E-state index in [0.29, 0.717) is 28.6 Å². The van der Waals surface area contributed by atoms with E-state index >= 15 is 0 Å². The maximum Gasteiger partial charge on any atom is 0.406 e. The fourth-order valence-corrected chi connectivity index (χ4v) is 2.66. The molecule has 1 amide bonds. The molecule has 0 bridgehead atoms. The van der Waals surface area contributed by atoms with Crippen molar-refractivity contribution in [2.45, 2.75) is 26.1 Å². The van der Waals surface area contributed by atoms with Gasteiger partial charge in [0.05, 0.1) is 19.2 Å². The number of hydrogen-bond donors (Lipinski definition) is 2. The Balaban J connectivity index is 0.00000450. The van der Waals surface area contributed by atoms with Crippen LogP contribution in [0, 0.1) is 0 Å². The fourth-order valence-electron chi connectivity index (χ4n) is 2.66. The van der Waals surface area contributed by atoms with Gasteiger partial charge >= 0.3 is 6.18 Å². The third kappa shape index (κ3) is 7.26. The number of nitrogens with zero attached hydrogens (tertiary/aromatic N) is 2. The first kappa shape index (κ1) is 25.9. The molecular weight excluding hydrogens is 516 g/mol. The highest BCUT2D eigenvalue weighted by molar-refractivity contribution is 14.0. The number of alkyl halides is 3. The summed E-state index contributed by atoms with van der Waals surface area (Å²) < 4.78 is 48.6. The molecule has 2 rings (SSSR count). The zero-order valence-electron chi connectivity index (χ0n) is 17.2. The molecule has 1 heterocycles. The quantitative estimate of drug-likeness (QED) is 0.317. The third-order valence-corrected chi connectivity index (χ3v) is 4.08. The van der Waals surface area contributed by atoms with Gasteiger partial charge in [0.15, 0.2) is 17.3 Å². The lowest BCUT2D eigenvalue weighted by molar-refractivity contribution is -0.157. The number of ether oxygens (including phenoxy) is 1. The van der Waals surface area contributed by atoms with Gasteiger partial charge in [-0.3, -0.25) is 9.79 Å². The van der Waals surface area contributed by atoms with Crippen molar-refractivity contribution >= 4 is 46.8 Å². The number of para-hydroxylation sites is 1. The van der Waals surface area contributed by atoms with Crippen molar-refractivity contribution in [2.75, 3.05) is 33.8 Å². The smallest absolute Gasteiger partial charge is 0.406 e. The van der Waals surface area contributed by atoms with Crippen LogP contribution in [0.2, 0.25) is 0 Å². The highest BCUT2D eigenvalue weighted by Gasteiger charge is 2.31. The number of carbonyl (C=O) groups is 1. The lowest BCUT2D eigenvalue weighted by Gasteiger charge is -2.20. The summed E-state index contributed by atoms with van der Waals surface area (Å²) in [5.74, 6) is 0.819. The van der Waals surface area contributed by atoms with E-state index in [1.165, 1.54) is 7.05 Å². The fraction of sp³-hybridized carbons (Fsp3) is 0.474. The van der Waals surface area contributed by atoms with E-state index in [-0.39, 0.29) is 42.5 Å². The molecule has 30 heavy (non-hydrogen) atoms. The lowest BCUT2D eigenvalue weighted by atomic mass is 10.2. The largest absolute Gasteiger partial charge is 0.490 e. The van der Waals surface area contributed by atoms with Gasteiger partial charge in [-0.25, -0.2) is 0 Å². The Morgan fingerprint density at radius 3 is 2.67 bits per heavy atom. The van der Waals surface area contributed by atoms with Crippen LogP contribution in [0.4, 0.5) is 13.2 Å². The molecule has 0 radical (unpaired) electrons. The van der Waals surface area contributed by atoms with E-state index in [1.807, 2.05) is 38.1 Å². The molecule has 168 valence electrons. The van der Waals surface area contributed by atoms with Crippen molar-refractivity contribution in [3.63, 3.8) is 0 Å². The Morgan fingerprint density at radius 2 is 2.07 bits per heavy atom. The topological polar surface area (TPSA) is 79.1 Å². The second-order valence-electron chi connectivity index (χ2n) is 6.41. The summed E-state index contributed by atoms with van der Waals surface area (Å²) in [4.78, 5) is 16.5. The van der Waals surface area contributed by atoms with Gasteiger partial charge < -0.3 is 24.7 Å². The molecule has 0 saturated carbocycles. The number of fused-ring (bicyclic) bond motifs is 1. The summed E-state index contributed by atoms with van der Waals surface area (Å²) in [6.45, 7) is 2.60. The number of likely N-dealkylation sites (N-methyl/N-ethyl adjacent to an activating group) is 1. The molecule has 1 aromatic carbocycles. The van der Waals surface area contributed by atoms with Crippen LogP contribution in [0.1, 0.15) is 25.6 Å². The summed E-state index contributed by atoms with van der Waals surface area (Å²) in [7, 11) is 2.60. The Labute approximate surface area is 190 Å². The number of halogens is 4. The zero-order chi connectivity index (χ0) is 21.6. The highest BCUT2D eigenvalue weighted by atomic mass is 127. The first-order chi connectivity index (χ1) is 13.6. The van der Waals surface area contributed by atoms with Crippen molar-refractivity contribution in [3.8, 4) is 5.75 Å². The van der Waals surface area contributed by atoms with Crippen LogP contribution in [-0.2, 0) is 4.79 Å². The summed E-state index contributed by atoms with van der Waals surface area (Å²) in [6, 6.07) is 7.14. The molecule has 1 aromatic heterocycles. The van der Waals surface area contributed by atoms with Crippen molar-refractivity contribution in [3.05, 3.63) is 30.0 Å². The van der Waals surface area contributed by atoms with Crippen LogP contribution < -0.4 is 15.4 Å². The molecule has 0 saturated heterocycles. The molecular formula is C19H26F3IN4O3. The van der Waals surface area contributed by atoms with E-state index in [4.69, 9.17) is 9.15 Å². The van der Waals surface area contributed by atoms with E-state index in [2.05, 4.69) is 15.6 Å². The minimum atomic E-state index is -4.44. The van der Waals surface area contributed by atoms with Crippen LogP contribution >= 0.6 is 24.0 Å². The highest BCUT2D eigenvalue weighted by Crippen LogP contribution is 2.31. The maximum absolute atomic E-state index is 12.4. The molecule has 1 unspecified atom stereocenters. The van der Waals surface area contributed by atoms with Crippen LogP contribution in [0.15, 0.2) is 33.7 Å². The van der Waals surface area contributed by atoms with Crippen LogP contribution in [-0.4, -0.2) is 56.7 Å². The van der Waals surface area contributed by atoms with Gasteiger partial charge in [0, 0.05) is 19.5 Å². The average molecular weight is 542 g/mol. The van der Waals surface area contributed by atoms with Gasteiger partial charge in [-0.05, 0) is 26.0 Å². The number of benzene rings is 1. The zero-order valence-corrected chi connectivity index (χ0v) is 19.5. The number of guanidine groups is 1. The normalized spacial score (nSPS) is 12.8. The monoisotopic (exact) mass is 542 g/mol. The Hall–Kier alpha value is -2.18. The SMILES string of the molecule is CCOc1cccc2cc(C(C)NC(=NC)NCC(=O)N(C)CC(F)(F)F)oc12.I. The van der Waals surface area contributed by atoms with E-state index in [9.17, 15) is 18.0 Å². The molecule has 0 aliphatic carbocycles. The molecule has 7 nitrogen and oxygen atoms in total. The second kappa shape index (κ2) is 11.3. The van der Waals surface area contributed by atoms with Gasteiger partial charge in [0.1, 0.15) is 12.3 Å². The molecule has 0 spiro atoms. The molecule has 0 aliphatic heterocycles. The minimum absolute atomic E-state index is 0. The summed E-state index contributed by atoms with van der Waals surface area (Å²) in [5.41, 5.74) is 0.630. The van der Waals surface area contributed by atoms with Crippen molar-refractivity contribution in [2.24, 2.45) is 4.99 Å². The van der Waals surface area contributed by atoms with Gasteiger partial charge in [0.25, 0.3) is 0 Å². The molecule has 1 atom stereocenters. The Bertz CT molecular complexity index is 870. The number of hydrogen-bond acceptors (Lipinski definition) is 4. The van der Waals surface area contributed by atoms with Gasteiger partial charge in [-0.15, -0.1) is 24.0 Å². The van der Waals surface area contributed by atoms with E-state index < -0.39 is 18.6 Å².